The van der Waals surface area contributed by atoms with Crippen molar-refractivity contribution >= 4 is 20.2 Å². The first-order valence-corrected chi connectivity index (χ1v) is 12.2. The van der Waals surface area contributed by atoms with Crippen molar-refractivity contribution in [3.8, 4) is 0 Å². The van der Waals surface area contributed by atoms with Crippen LogP contribution in [0.4, 0.5) is 0 Å². The monoisotopic (exact) mass is 459 g/mol. The van der Waals surface area contributed by atoms with E-state index in [0.29, 0.717) is 12.5 Å². The van der Waals surface area contributed by atoms with E-state index >= 15 is 0 Å². The lowest BCUT2D eigenvalue weighted by molar-refractivity contribution is 0.199. The molecular formula is C20H29NO7S2. The molecule has 30 heavy (non-hydrogen) atoms. The fourth-order valence-electron chi connectivity index (χ4n) is 2.50. The Labute approximate surface area is 178 Å². The van der Waals surface area contributed by atoms with Gasteiger partial charge in [0.2, 0.25) is 0 Å². The normalized spacial score (nSPS) is 16.5. The minimum atomic E-state index is -4.02. The Kier molecular flexibility index (Phi) is 10.6. The molecule has 1 atom stereocenters. The van der Waals surface area contributed by atoms with Crippen LogP contribution in [0.3, 0.4) is 0 Å². The molecule has 0 aromatic heterocycles. The molecule has 1 saturated heterocycles. The first kappa shape index (κ1) is 26.2. The fourth-order valence-corrected chi connectivity index (χ4v) is 3.46. The quantitative estimate of drug-likeness (QED) is 0.513. The number of piperidine rings is 1. The standard InChI is InChI=1S/2C7H8O3S.C6H13NO/c2*1-6-2-4-7(5-3-6)11(8,9)10;8-5-6-2-1-3-7-4-6/h2*2-5H,1H3,(H,8,9,10);6-8H,1-5H2. The smallest absolute Gasteiger partial charge is 0.294 e. The van der Waals surface area contributed by atoms with Gasteiger partial charge in [0.1, 0.15) is 0 Å². The van der Waals surface area contributed by atoms with Gasteiger partial charge >= 0.3 is 0 Å². The van der Waals surface area contributed by atoms with E-state index in [9.17, 15) is 16.8 Å². The molecular weight excluding hydrogens is 430 g/mol. The third-order valence-corrected chi connectivity index (χ3v) is 6.03. The van der Waals surface area contributed by atoms with Crippen molar-refractivity contribution in [1.29, 1.82) is 0 Å². The summed E-state index contributed by atoms with van der Waals surface area (Å²) in [5, 5.41) is 11.9. The third-order valence-electron chi connectivity index (χ3n) is 4.29. The third kappa shape index (κ3) is 10.3. The van der Waals surface area contributed by atoms with Crippen molar-refractivity contribution in [3.63, 3.8) is 0 Å². The van der Waals surface area contributed by atoms with Gasteiger partial charge in [-0.15, -0.1) is 0 Å². The second-order valence-corrected chi connectivity index (χ2v) is 9.81. The van der Waals surface area contributed by atoms with Gasteiger partial charge in [0.15, 0.2) is 0 Å². The molecule has 1 heterocycles. The van der Waals surface area contributed by atoms with Crippen molar-refractivity contribution in [2.45, 2.75) is 36.5 Å². The molecule has 8 nitrogen and oxygen atoms in total. The van der Waals surface area contributed by atoms with Crippen molar-refractivity contribution in [1.82, 2.24) is 5.32 Å². The number of hydrogen-bond donors (Lipinski definition) is 4. The zero-order valence-corrected chi connectivity index (χ0v) is 18.7. The summed E-state index contributed by atoms with van der Waals surface area (Å²) in [6, 6.07) is 12.0. The van der Waals surface area contributed by atoms with Crippen LogP contribution in [-0.2, 0) is 20.2 Å². The summed E-state index contributed by atoms with van der Waals surface area (Å²) in [7, 11) is -8.04. The minimum Gasteiger partial charge on any atom is -0.396 e. The van der Waals surface area contributed by atoms with Gasteiger partial charge in [-0.2, -0.15) is 16.8 Å². The van der Waals surface area contributed by atoms with Crippen LogP contribution in [0.1, 0.15) is 24.0 Å². The summed E-state index contributed by atoms with van der Waals surface area (Å²) in [6.07, 6.45) is 2.43. The van der Waals surface area contributed by atoms with Crippen molar-refractivity contribution in [2.24, 2.45) is 5.92 Å². The molecule has 0 bridgehead atoms. The Morgan fingerprint density at radius 3 is 1.47 bits per heavy atom. The highest BCUT2D eigenvalue weighted by Gasteiger charge is 2.10. The number of aliphatic hydroxyl groups is 1. The van der Waals surface area contributed by atoms with Crippen LogP contribution < -0.4 is 5.32 Å². The molecule has 1 fully saturated rings. The van der Waals surface area contributed by atoms with Crippen molar-refractivity contribution < 1.29 is 31.0 Å². The molecule has 168 valence electrons. The molecule has 3 rings (SSSR count). The number of aliphatic hydroxyl groups excluding tert-OH is 1. The summed E-state index contributed by atoms with van der Waals surface area (Å²) in [4.78, 5) is -0.133. The molecule has 1 aliphatic heterocycles. The Bertz CT molecular complexity index is 891. The summed E-state index contributed by atoms with van der Waals surface area (Å²) in [5.74, 6) is 0.531. The molecule has 0 spiro atoms. The Morgan fingerprint density at radius 2 is 1.23 bits per heavy atom. The van der Waals surface area contributed by atoms with Gasteiger partial charge < -0.3 is 10.4 Å². The largest absolute Gasteiger partial charge is 0.396 e. The van der Waals surface area contributed by atoms with Gasteiger partial charge in [-0.3, -0.25) is 9.11 Å². The van der Waals surface area contributed by atoms with E-state index in [1.807, 2.05) is 13.8 Å². The van der Waals surface area contributed by atoms with Gasteiger partial charge in [-0.25, -0.2) is 0 Å². The van der Waals surface area contributed by atoms with Crippen molar-refractivity contribution in [2.75, 3.05) is 19.7 Å². The highest BCUT2D eigenvalue weighted by molar-refractivity contribution is 7.86. The average molecular weight is 460 g/mol. The molecule has 0 radical (unpaired) electrons. The fraction of sp³-hybridized carbons (Fsp3) is 0.400. The molecule has 0 aliphatic carbocycles. The predicted octanol–water partition coefficient (Wildman–Crippen LogP) is 2.46. The minimum absolute atomic E-state index is 0.0666. The highest BCUT2D eigenvalue weighted by atomic mass is 32.2. The zero-order valence-electron chi connectivity index (χ0n) is 17.0. The van der Waals surface area contributed by atoms with E-state index in [1.54, 1.807) is 24.3 Å². The van der Waals surface area contributed by atoms with E-state index in [-0.39, 0.29) is 9.79 Å². The van der Waals surface area contributed by atoms with E-state index in [0.717, 1.165) is 24.2 Å². The SMILES string of the molecule is Cc1ccc(S(=O)(=O)O)cc1.Cc1ccc(S(=O)(=O)O)cc1.OCC1CCCNC1. The Hall–Kier alpha value is -1.82. The van der Waals surface area contributed by atoms with Crippen LogP contribution in [0.2, 0.25) is 0 Å². The molecule has 1 aliphatic rings. The first-order chi connectivity index (χ1) is 13.9. The van der Waals surface area contributed by atoms with Crippen LogP contribution >= 0.6 is 0 Å². The second-order valence-electron chi connectivity index (χ2n) is 6.97. The molecule has 10 heteroatoms. The highest BCUT2D eigenvalue weighted by Crippen LogP contribution is 2.09. The average Bonchev–Trinajstić information content (AvgIpc) is 2.69. The molecule has 4 N–H and O–H groups in total. The number of benzene rings is 2. The number of hydrogen-bond acceptors (Lipinski definition) is 6. The van der Waals surface area contributed by atoms with Gasteiger partial charge in [0.05, 0.1) is 9.79 Å². The predicted molar refractivity (Wildman–Crippen MR) is 115 cm³/mol. The summed E-state index contributed by atoms with van der Waals surface area (Å²) >= 11 is 0. The van der Waals surface area contributed by atoms with Gasteiger partial charge in [-0.1, -0.05) is 35.4 Å². The maximum Gasteiger partial charge on any atom is 0.294 e. The van der Waals surface area contributed by atoms with Crippen LogP contribution in [0.25, 0.3) is 0 Å². The molecule has 0 saturated carbocycles. The lowest BCUT2D eigenvalue weighted by Gasteiger charge is -2.19. The van der Waals surface area contributed by atoms with E-state index in [2.05, 4.69) is 5.32 Å². The van der Waals surface area contributed by atoms with E-state index < -0.39 is 20.2 Å². The Morgan fingerprint density at radius 1 is 0.833 bits per heavy atom. The maximum absolute atomic E-state index is 10.5. The van der Waals surface area contributed by atoms with Crippen LogP contribution in [0, 0.1) is 19.8 Å². The maximum atomic E-state index is 10.5. The van der Waals surface area contributed by atoms with Gasteiger partial charge in [-0.05, 0) is 63.4 Å². The lowest BCUT2D eigenvalue weighted by atomic mass is 10.0. The van der Waals surface area contributed by atoms with Crippen LogP contribution in [-0.4, -0.2) is 50.7 Å². The molecule has 2 aromatic carbocycles. The summed E-state index contributed by atoms with van der Waals surface area (Å²) in [6.45, 7) is 6.18. The van der Waals surface area contributed by atoms with Gasteiger partial charge in [0.25, 0.3) is 20.2 Å². The van der Waals surface area contributed by atoms with Crippen LogP contribution in [0.15, 0.2) is 58.3 Å². The van der Waals surface area contributed by atoms with E-state index in [4.69, 9.17) is 14.2 Å². The van der Waals surface area contributed by atoms with Crippen LogP contribution in [0.5, 0.6) is 0 Å². The first-order valence-electron chi connectivity index (χ1n) is 9.33. The topological polar surface area (TPSA) is 141 Å². The van der Waals surface area contributed by atoms with E-state index in [1.165, 1.54) is 37.1 Å². The molecule has 0 amide bonds. The summed E-state index contributed by atoms with van der Waals surface area (Å²) < 4.78 is 59.1. The zero-order chi connectivity index (χ0) is 22.8. The number of aryl methyl sites for hydroxylation is 2. The molecule has 2 aromatic rings. The number of rotatable bonds is 3. The van der Waals surface area contributed by atoms with Crippen molar-refractivity contribution in [3.05, 3.63) is 59.7 Å². The number of nitrogens with one attached hydrogen (secondary N) is 1. The molecule has 1 unspecified atom stereocenters. The second kappa shape index (κ2) is 12.1. The Balaban J connectivity index is 0.000000228. The summed E-state index contributed by atoms with van der Waals surface area (Å²) in [5.41, 5.74) is 1.91. The van der Waals surface area contributed by atoms with Gasteiger partial charge in [0, 0.05) is 13.2 Å². The lowest BCUT2D eigenvalue weighted by Crippen LogP contribution is -2.31.